The molecule has 0 aromatic carbocycles. The summed E-state index contributed by atoms with van der Waals surface area (Å²) >= 11 is 1.14. The minimum atomic E-state index is -0.462. The number of rotatable bonds is 3. The first kappa shape index (κ1) is 10.5. The van der Waals surface area contributed by atoms with Crippen LogP contribution in [0.2, 0.25) is 0 Å². The van der Waals surface area contributed by atoms with E-state index in [1.54, 1.807) is 12.3 Å². The van der Waals surface area contributed by atoms with Crippen molar-refractivity contribution in [2.75, 3.05) is 0 Å². The quantitative estimate of drug-likeness (QED) is 0.458. The molecule has 2 heterocycles. The highest BCUT2D eigenvalue weighted by Crippen LogP contribution is 2.30. The van der Waals surface area contributed by atoms with Crippen LogP contribution in [0.3, 0.4) is 0 Å². The Bertz CT molecular complexity index is 506. The van der Waals surface area contributed by atoms with Crippen molar-refractivity contribution in [2.24, 2.45) is 0 Å². The normalized spacial score (nSPS) is 10.0. The fourth-order valence-electron chi connectivity index (χ4n) is 1.04. The summed E-state index contributed by atoms with van der Waals surface area (Å²) in [5.41, 5.74) is -0.0221. The van der Waals surface area contributed by atoms with Gasteiger partial charge in [0, 0.05) is 18.5 Å². The molecule has 0 unspecified atom stereocenters. The molecule has 0 fully saturated rings. The Kier molecular flexibility index (Phi) is 3.06. The summed E-state index contributed by atoms with van der Waals surface area (Å²) in [5, 5.41) is 11.7. The van der Waals surface area contributed by atoms with Crippen molar-refractivity contribution in [1.82, 2.24) is 15.0 Å². The van der Waals surface area contributed by atoms with Gasteiger partial charge in [-0.25, -0.2) is 15.0 Å². The number of nitro groups is 1. The van der Waals surface area contributed by atoms with E-state index in [1.165, 1.54) is 24.7 Å². The molecule has 2 rings (SSSR count). The zero-order valence-electron chi connectivity index (χ0n) is 7.98. The number of hydrogen-bond donors (Lipinski definition) is 0. The lowest BCUT2D eigenvalue weighted by Crippen LogP contribution is -1.93. The third-order valence-corrected chi connectivity index (χ3v) is 2.66. The van der Waals surface area contributed by atoms with E-state index >= 15 is 0 Å². The van der Waals surface area contributed by atoms with Gasteiger partial charge in [0.15, 0.2) is 5.03 Å². The third-order valence-electron chi connectivity index (χ3n) is 1.70. The Balaban J connectivity index is 2.31. The maximum absolute atomic E-state index is 10.7. The van der Waals surface area contributed by atoms with Gasteiger partial charge in [0.1, 0.15) is 11.4 Å². The van der Waals surface area contributed by atoms with Crippen LogP contribution in [0.15, 0.2) is 47.0 Å². The van der Waals surface area contributed by atoms with Gasteiger partial charge in [0.2, 0.25) is 0 Å². The molecule has 0 aliphatic rings. The Morgan fingerprint density at radius 3 is 2.81 bits per heavy atom. The molecule has 6 nitrogen and oxygen atoms in total. The second-order valence-electron chi connectivity index (χ2n) is 2.73. The molecule has 0 amide bonds. The van der Waals surface area contributed by atoms with Crippen molar-refractivity contribution in [3.8, 4) is 0 Å². The fraction of sp³-hybridized carbons (Fsp3) is 0. The molecule has 0 aliphatic heterocycles. The summed E-state index contributed by atoms with van der Waals surface area (Å²) in [6.45, 7) is 0. The highest BCUT2D eigenvalue weighted by Gasteiger charge is 2.15. The lowest BCUT2D eigenvalue weighted by molar-refractivity contribution is -0.388. The first-order valence-corrected chi connectivity index (χ1v) is 5.12. The van der Waals surface area contributed by atoms with E-state index in [1.807, 2.05) is 0 Å². The number of pyridine rings is 1. The average molecular weight is 234 g/mol. The minimum absolute atomic E-state index is 0.0221. The zero-order chi connectivity index (χ0) is 11.4. The summed E-state index contributed by atoms with van der Waals surface area (Å²) < 4.78 is 0. The predicted octanol–water partition coefficient (Wildman–Crippen LogP) is 1.93. The van der Waals surface area contributed by atoms with E-state index < -0.39 is 4.92 Å². The second-order valence-corrected chi connectivity index (χ2v) is 3.74. The minimum Gasteiger partial charge on any atom is -0.258 e. The van der Waals surface area contributed by atoms with Crippen molar-refractivity contribution in [3.63, 3.8) is 0 Å². The monoisotopic (exact) mass is 234 g/mol. The molecule has 0 atom stereocenters. The molecule has 80 valence electrons. The number of nitrogens with zero attached hydrogens (tertiary/aromatic N) is 4. The van der Waals surface area contributed by atoms with Crippen LogP contribution < -0.4 is 0 Å². The van der Waals surface area contributed by atoms with E-state index in [9.17, 15) is 10.1 Å². The van der Waals surface area contributed by atoms with Crippen LogP contribution in [0, 0.1) is 10.1 Å². The van der Waals surface area contributed by atoms with Gasteiger partial charge in [0.25, 0.3) is 0 Å². The Morgan fingerprint density at radius 1 is 1.25 bits per heavy atom. The van der Waals surface area contributed by atoms with Crippen LogP contribution >= 0.6 is 11.8 Å². The van der Waals surface area contributed by atoms with Gasteiger partial charge in [-0.1, -0.05) is 0 Å². The molecule has 0 spiro atoms. The fourth-order valence-corrected chi connectivity index (χ4v) is 1.83. The Morgan fingerprint density at radius 2 is 2.12 bits per heavy atom. The smallest absolute Gasteiger partial charge is 0.258 e. The van der Waals surface area contributed by atoms with Gasteiger partial charge >= 0.3 is 5.69 Å². The second kappa shape index (κ2) is 4.67. The van der Waals surface area contributed by atoms with Gasteiger partial charge in [-0.05, 0) is 23.9 Å². The molecule has 2 aromatic rings. The molecule has 16 heavy (non-hydrogen) atoms. The standard InChI is InChI=1S/C9H6N4O2S/c14-13(15)7-2-1-4-11-9(7)16-8-3-5-10-6-12-8/h1-6H. The molecule has 7 heteroatoms. The first-order valence-electron chi connectivity index (χ1n) is 4.30. The highest BCUT2D eigenvalue weighted by atomic mass is 32.2. The van der Waals surface area contributed by atoms with E-state index in [0.717, 1.165) is 11.8 Å². The molecule has 2 aromatic heterocycles. The Labute approximate surface area is 94.9 Å². The topological polar surface area (TPSA) is 81.8 Å². The molecule has 0 aliphatic carbocycles. The van der Waals surface area contributed by atoms with Gasteiger partial charge in [0.05, 0.1) is 4.92 Å². The van der Waals surface area contributed by atoms with E-state index in [-0.39, 0.29) is 5.69 Å². The first-order chi connectivity index (χ1) is 7.77. The van der Waals surface area contributed by atoms with Crippen LogP contribution in [0.25, 0.3) is 0 Å². The molecular formula is C9H6N4O2S. The molecule has 0 saturated carbocycles. The molecular weight excluding hydrogens is 228 g/mol. The van der Waals surface area contributed by atoms with Crippen molar-refractivity contribution < 1.29 is 4.92 Å². The summed E-state index contributed by atoms with van der Waals surface area (Å²) in [4.78, 5) is 22.0. The van der Waals surface area contributed by atoms with Crippen molar-refractivity contribution in [2.45, 2.75) is 10.1 Å². The van der Waals surface area contributed by atoms with E-state index in [0.29, 0.717) is 10.1 Å². The summed E-state index contributed by atoms with van der Waals surface area (Å²) in [6, 6.07) is 4.61. The van der Waals surface area contributed by atoms with E-state index in [4.69, 9.17) is 0 Å². The lowest BCUT2D eigenvalue weighted by Gasteiger charge is -1.99. The zero-order valence-corrected chi connectivity index (χ0v) is 8.79. The van der Waals surface area contributed by atoms with Crippen LogP contribution in [0.4, 0.5) is 5.69 Å². The molecule has 0 saturated heterocycles. The van der Waals surface area contributed by atoms with Crippen molar-refractivity contribution >= 4 is 17.4 Å². The highest BCUT2D eigenvalue weighted by molar-refractivity contribution is 7.99. The molecule has 0 N–H and O–H groups in total. The maximum Gasteiger partial charge on any atom is 0.301 e. The molecule has 0 radical (unpaired) electrons. The number of hydrogen-bond acceptors (Lipinski definition) is 6. The van der Waals surface area contributed by atoms with Gasteiger partial charge < -0.3 is 0 Å². The maximum atomic E-state index is 10.7. The SMILES string of the molecule is O=[N+]([O-])c1cccnc1Sc1ccncn1. The van der Waals surface area contributed by atoms with Gasteiger partial charge in [-0.3, -0.25) is 10.1 Å². The van der Waals surface area contributed by atoms with Crippen molar-refractivity contribution in [1.29, 1.82) is 0 Å². The van der Waals surface area contributed by atoms with Crippen molar-refractivity contribution in [3.05, 3.63) is 47.0 Å². The van der Waals surface area contributed by atoms with Crippen LogP contribution in [-0.2, 0) is 0 Å². The summed E-state index contributed by atoms with van der Waals surface area (Å²) in [5.74, 6) is 0. The Hall–Kier alpha value is -2.02. The van der Waals surface area contributed by atoms with Crippen LogP contribution in [0.1, 0.15) is 0 Å². The van der Waals surface area contributed by atoms with E-state index in [2.05, 4.69) is 15.0 Å². The number of aromatic nitrogens is 3. The van der Waals surface area contributed by atoms with Crippen LogP contribution in [0.5, 0.6) is 0 Å². The largest absolute Gasteiger partial charge is 0.301 e. The predicted molar refractivity (Wildman–Crippen MR) is 57.0 cm³/mol. The summed E-state index contributed by atoms with van der Waals surface area (Å²) in [6.07, 6.45) is 4.47. The lowest BCUT2D eigenvalue weighted by atomic mass is 10.4. The average Bonchev–Trinajstić information content (AvgIpc) is 2.31. The van der Waals surface area contributed by atoms with Gasteiger partial charge in [-0.2, -0.15) is 0 Å². The summed E-state index contributed by atoms with van der Waals surface area (Å²) in [7, 11) is 0. The molecule has 0 bridgehead atoms. The van der Waals surface area contributed by atoms with Crippen LogP contribution in [-0.4, -0.2) is 19.9 Å². The van der Waals surface area contributed by atoms with Gasteiger partial charge in [-0.15, -0.1) is 0 Å². The third kappa shape index (κ3) is 2.31.